The molecule has 3 amide bonds. The van der Waals surface area contributed by atoms with Gasteiger partial charge in [-0.3, -0.25) is 4.79 Å². The number of halogens is 1. The van der Waals surface area contributed by atoms with E-state index in [-0.39, 0.29) is 18.5 Å². The highest BCUT2D eigenvalue weighted by atomic mass is 79.9. The average Bonchev–Trinajstić information content (AvgIpc) is 3.45. The third kappa shape index (κ3) is 6.10. The summed E-state index contributed by atoms with van der Waals surface area (Å²) in [6.07, 6.45) is 5.89. The highest BCUT2D eigenvalue weighted by molar-refractivity contribution is 9.10. The van der Waals surface area contributed by atoms with E-state index in [1.54, 1.807) is 4.90 Å². The van der Waals surface area contributed by atoms with Crippen molar-refractivity contribution in [2.45, 2.75) is 45.2 Å². The molecule has 156 valence electrons. The van der Waals surface area contributed by atoms with Gasteiger partial charge in [0.2, 0.25) is 5.91 Å². The van der Waals surface area contributed by atoms with Crippen LogP contribution in [0.3, 0.4) is 0 Å². The lowest BCUT2D eigenvalue weighted by Gasteiger charge is -2.28. The number of urea groups is 1. The number of unbranched alkanes of at least 4 members (excludes halogenated alkanes) is 1. The highest BCUT2D eigenvalue weighted by Gasteiger charge is 2.34. The van der Waals surface area contributed by atoms with Crippen LogP contribution in [0.1, 0.15) is 38.3 Å². The third-order valence-electron chi connectivity index (χ3n) is 5.16. The molecule has 0 saturated heterocycles. The third-order valence-corrected chi connectivity index (χ3v) is 5.66. The van der Waals surface area contributed by atoms with Gasteiger partial charge in [-0.25, -0.2) is 4.79 Å². The largest absolute Gasteiger partial charge is 0.353 e. The first-order valence-corrected chi connectivity index (χ1v) is 11.0. The summed E-state index contributed by atoms with van der Waals surface area (Å²) in [6, 6.07) is 11.6. The number of hydrogen-bond acceptors (Lipinski definition) is 2. The van der Waals surface area contributed by atoms with Crippen molar-refractivity contribution in [3.05, 3.63) is 52.8 Å². The minimum absolute atomic E-state index is 0.00851. The van der Waals surface area contributed by atoms with Crippen LogP contribution in [0.15, 0.2) is 47.1 Å². The molecule has 0 aliphatic heterocycles. The second kappa shape index (κ2) is 9.96. The van der Waals surface area contributed by atoms with E-state index in [0.717, 1.165) is 35.8 Å². The first-order valence-electron chi connectivity index (χ1n) is 10.2. The topological polar surface area (TPSA) is 57.6 Å². The zero-order valence-corrected chi connectivity index (χ0v) is 18.7. The number of nitrogens with one attached hydrogen (secondary N) is 1. The van der Waals surface area contributed by atoms with Crippen LogP contribution in [0.4, 0.5) is 10.5 Å². The molecule has 1 heterocycles. The number of carbonyl (C=O) groups is 2. The zero-order valence-electron chi connectivity index (χ0n) is 17.1. The van der Waals surface area contributed by atoms with Gasteiger partial charge in [0.1, 0.15) is 6.54 Å². The molecule has 1 aliphatic carbocycles. The molecule has 2 aromatic rings. The molecule has 1 aliphatic rings. The molecule has 6 nitrogen and oxygen atoms in total. The van der Waals surface area contributed by atoms with Crippen molar-refractivity contribution in [1.29, 1.82) is 0 Å². The van der Waals surface area contributed by atoms with Crippen LogP contribution in [-0.2, 0) is 18.4 Å². The molecule has 1 aromatic carbocycles. The Kier molecular flexibility index (Phi) is 7.36. The summed E-state index contributed by atoms with van der Waals surface area (Å²) in [5.41, 5.74) is 1.81. The molecule has 3 rings (SSSR count). The minimum atomic E-state index is -0.237. The van der Waals surface area contributed by atoms with Crippen LogP contribution in [0, 0.1) is 0 Å². The zero-order chi connectivity index (χ0) is 20.8. The van der Waals surface area contributed by atoms with E-state index in [1.165, 1.54) is 0 Å². The van der Waals surface area contributed by atoms with Gasteiger partial charge in [0.05, 0.1) is 6.54 Å². The summed E-state index contributed by atoms with van der Waals surface area (Å²) in [4.78, 5) is 29.6. The molecule has 0 radical (unpaired) electrons. The summed E-state index contributed by atoms with van der Waals surface area (Å²) in [7, 11) is 1.99. The van der Waals surface area contributed by atoms with Crippen molar-refractivity contribution >= 4 is 33.6 Å². The average molecular weight is 461 g/mol. The Balaban J connectivity index is 1.67. The van der Waals surface area contributed by atoms with Gasteiger partial charge in [0.25, 0.3) is 0 Å². The van der Waals surface area contributed by atoms with E-state index in [1.807, 2.05) is 59.1 Å². The van der Waals surface area contributed by atoms with Gasteiger partial charge in [-0.15, -0.1) is 0 Å². The molecule has 29 heavy (non-hydrogen) atoms. The SMILES string of the molecule is CCCCN(CC(=O)N(Cc1cccn1C)C1CC1)C(=O)Nc1cccc(Br)c1. The number of benzene rings is 1. The van der Waals surface area contributed by atoms with Crippen molar-refractivity contribution in [1.82, 2.24) is 14.4 Å². The van der Waals surface area contributed by atoms with Gasteiger partial charge < -0.3 is 19.7 Å². The number of aromatic nitrogens is 1. The molecule has 1 fully saturated rings. The van der Waals surface area contributed by atoms with Crippen LogP contribution in [0.25, 0.3) is 0 Å². The summed E-state index contributed by atoms with van der Waals surface area (Å²) in [5.74, 6) is 0.00851. The van der Waals surface area contributed by atoms with Crippen LogP contribution in [0.5, 0.6) is 0 Å². The Morgan fingerprint density at radius 1 is 1.24 bits per heavy atom. The number of hydrogen-bond donors (Lipinski definition) is 1. The van der Waals surface area contributed by atoms with Crippen molar-refractivity contribution in [2.75, 3.05) is 18.4 Å². The Labute approximate surface area is 181 Å². The fourth-order valence-electron chi connectivity index (χ4n) is 3.27. The summed E-state index contributed by atoms with van der Waals surface area (Å²) in [5, 5.41) is 2.92. The molecule has 0 atom stereocenters. The maximum Gasteiger partial charge on any atom is 0.322 e. The second-order valence-electron chi connectivity index (χ2n) is 7.58. The van der Waals surface area contributed by atoms with Crippen LogP contribution in [0.2, 0.25) is 0 Å². The molecule has 1 saturated carbocycles. The number of carbonyl (C=O) groups excluding carboxylic acids is 2. The Morgan fingerprint density at radius 2 is 2.03 bits per heavy atom. The van der Waals surface area contributed by atoms with Gasteiger partial charge in [0, 0.05) is 41.7 Å². The van der Waals surface area contributed by atoms with E-state index < -0.39 is 0 Å². The van der Waals surface area contributed by atoms with Gasteiger partial charge in [-0.1, -0.05) is 35.3 Å². The molecule has 0 unspecified atom stereocenters. The van der Waals surface area contributed by atoms with E-state index in [2.05, 4.69) is 28.2 Å². The lowest BCUT2D eigenvalue weighted by Crippen LogP contribution is -2.45. The van der Waals surface area contributed by atoms with Crippen molar-refractivity contribution in [3.63, 3.8) is 0 Å². The fraction of sp³-hybridized carbons (Fsp3) is 0.455. The Hall–Kier alpha value is -2.28. The van der Waals surface area contributed by atoms with E-state index in [0.29, 0.717) is 24.8 Å². The van der Waals surface area contributed by atoms with Crippen LogP contribution < -0.4 is 5.32 Å². The standard InChI is InChI=1S/C22H29BrN4O2/c1-3-4-13-26(22(29)24-18-8-5-7-17(23)14-18)16-21(28)27(19-10-11-19)15-20-9-6-12-25(20)2/h5-9,12,14,19H,3-4,10-11,13,15-16H2,1-2H3,(H,24,29). The molecular weight excluding hydrogens is 432 g/mol. The number of rotatable bonds is 9. The summed E-state index contributed by atoms with van der Waals surface area (Å²) in [6.45, 7) is 3.32. The molecule has 1 N–H and O–H groups in total. The molecule has 7 heteroatoms. The van der Waals surface area contributed by atoms with Gasteiger partial charge in [-0.2, -0.15) is 0 Å². The Bertz CT molecular complexity index is 847. The van der Waals surface area contributed by atoms with Crippen molar-refractivity contribution < 1.29 is 9.59 Å². The summed E-state index contributed by atoms with van der Waals surface area (Å²) >= 11 is 3.42. The molecule has 1 aromatic heterocycles. The summed E-state index contributed by atoms with van der Waals surface area (Å²) < 4.78 is 2.94. The van der Waals surface area contributed by atoms with Crippen molar-refractivity contribution in [2.24, 2.45) is 7.05 Å². The first kappa shape index (κ1) is 21.4. The lowest BCUT2D eigenvalue weighted by molar-refractivity contribution is -0.133. The van der Waals surface area contributed by atoms with Crippen molar-refractivity contribution in [3.8, 4) is 0 Å². The first-order chi connectivity index (χ1) is 14.0. The Morgan fingerprint density at radius 3 is 2.66 bits per heavy atom. The smallest absolute Gasteiger partial charge is 0.322 e. The van der Waals surface area contributed by atoms with E-state index >= 15 is 0 Å². The monoisotopic (exact) mass is 460 g/mol. The lowest BCUT2D eigenvalue weighted by atomic mass is 10.3. The second-order valence-corrected chi connectivity index (χ2v) is 8.49. The van der Waals surface area contributed by atoms with Crippen LogP contribution in [-0.4, -0.2) is 45.4 Å². The number of nitrogens with zero attached hydrogens (tertiary/aromatic N) is 3. The predicted octanol–water partition coefficient (Wildman–Crippen LogP) is 4.61. The maximum absolute atomic E-state index is 13.1. The van der Waals surface area contributed by atoms with Gasteiger partial charge in [-0.05, 0) is 49.6 Å². The van der Waals surface area contributed by atoms with E-state index in [9.17, 15) is 9.59 Å². The number of anilines is 1. The molecule has 0 bridgehead atoms. The van der Waals surface area contributed by atoms with E-state index in [4.69, 9.17) is 0 Å². The molecular formula is C22H29BrN4O2. The van der Waals surface area contributed by atoms with Gasteiger partial charge >= 0.3 is 6.03 Å². The fourth-order valence-corrected chi connectivity index (χ4v) is 3.67. The normalized spacial score (nSPS) is 13.2. The number of amides is 3. The maximum atomic E-state index is 13.1. The predicted molar refractivity (Wildman–Crippen MR) is 119 cm³/mol. The minimum Gasteiger partial charge on any atom is -0.353 e. The highest BCUT2D eigenvalue weighted by Crippen LogP contribution is 2.28. The van der Waals surface area contributed by atoms with Crippen LogP contribution >= 0.6 is 15.9 Å². The molecule has 0 spiro atoms. The van der Waals surface area contributed by atoms with Gasteiger partial charge in [0.15, 0.2) is 0 Å². The quantitative estimate of drug-likeness (QED) is 0.593. The number of aryl methyl sites for hydroxylation is 1.